The van der Waals surface area contributed by atoms with Gasteiger partial charge < -0.3 is 4.74 Å². The predicted molar refractivity (Wildman–Crippen MR) is 97.5 cm³/mol. The number of likely N-dealkylation sites (tertiary alicyclic amines) is 1. The van der Waals surface area contributed by atoms with E-state index in [0.29, 0.717) is 13.0 Å². The van der Waals surface area contributed by atoms with E-state index in [1.807, 2.05) is 18.2 Å². The summed E-state index contributed by atoms with van der Waals surface area (Å²) >= 11 is 0. The maximum absolute atomic E-state index is 13.2. The number of benzene rings is 1. The lowest BCUT2D eigenvalue weighted by molar-refractivity contribution is -0.158. The van der Waals surface area contributed by atoms with Gasteiger partial charge in [-0.05, 0) is 37.0 Å². The summed E-state index contributed by atoms with van der Waals surface area (Å²) in [5, 5.41) is 0. The molecule has 2 atom stereocenters. The number of imide groups is 1. The van der Waals surface area contributed by atoms with Crippen LogP contribution >= 0.6 is 0 Å². The Morgan fingerprint density at radius 2 is 2.08 bits per heavy atom. The molecule has 0 bridgehead atoms. The highest BCUT2D eigenvalue weighted by molar-refractivity contribution is 6.01. The van der Waals surface area contributed by atoms with Gasteiger partial charge in [-0.3, -0.25) is 14.5 Å². The largest absolute Gasteiger partial charge is 0.497 e. The Morgan fingerprint density at radius 3 is 2.84 bits per heavy atom. The highest BCUT2D eigenvalue weighted by Crippen LogP contribution is 2.50. The number of methoxy groups -OCH3 is 1. The molecule has 0 aromatic heterocycles. The molecule has 1 heterocycles. The molecule has 2 aliphatic rings. The predicted octanol–water partition coefficient (Wildman–Crippen LogP) is 4.07. The number of nitrogens with zero attached hydrogens (tertiary/aromatic N) is 1. The van der Waals surface area contributed by atoms with Crippen LogP contribution < -0.4 is 4.74 Å². The molecule has 136 valence electrons. The quantitative estimate of drug-likeness (QED) is 0.578. The molecule has 1 aliphatic heterocycles. The Morgan fingerprint density at radius 1 is 1.24 bits per heavy atom. The van der Waals surface area contributed by atoms with Gasteiger partial charge in [-0.1, -0.05) is 44.7 Å². The van der Waals surface area contributed by atoms with Gasteiger partial charge in [-0.15, -0.1) is 0 Å². The number of hydrogen-bond acceptors (Lipinski definition) is 3. The number of piperidine rings is 1. The molecule has 0 radical (unpaired) electrons. The van der Waals surface area contributed by atoms with Gasteiger partial charge in [0, 0.05) is 24.3 Å². The maximum atomic E-state index is 13.2. The summed E-state index contributed by atoms with van der Waals surface area (Å²) in [5.74, 6) is 0.770. The Kier molecular flexibility index (Phi) is 5.45. The second-order valence-electron chi connectivity index (χ2n) is 7.45. The molecule has 2 fully saturated rings. The van der Waals surface area contributed by atoms with E-state index in [-0.39, 0.29) is 23.1 Å². The highest BCUT2D eigenvalue weighted by atomic mass is 16.5. The zero-order valence-corrected chi connectivity index (χ0v) is 15.4. The average Bonchev–Trinajstić information content (AvgIpc) is 2.64. The van der Waals surface area contributed by atoms with E-state index in [4.69, 9.17) is 4.74 Å². The minimum absolute atomic E-state index is 0.00192. The van der Waals surface area contributed by atoms with Crippen molar-refractivity contribution >= 4 is 11.8 Å². The molecule has 1 saturated heterocycles. The number of rotatable bonds is 6. The Bertz CT molecular complexity index is 642. The summed E-state index contributed by atoms with van der Waals surface area (Å²) in [6.07, 6.45) is 7.44. The van der Waals surface area contributed by atoms with Gasteiger partial charge in [-0.2, -0.15) is 0 Å². The van der Waals surface area contributed by atoms with Gasteiger partial charge >= 0.3 is 0 Å². The van der Waals surface area contributed by atoms with Crippen LogP contribution in [-0.4, -0.2) is 30.4 Å². The second kappa shape index (κ2) is 7.59. The molecule has 2 amide bonds. The molecular formula is C21H29NO3. The summed E-state index contributed by atoms with van der Waals surface area (Å²) in [7, 11) is 1.65. The van der Waals surface area contributed by atoms with Gasteiger partial charge in [-0.25, -0.2) is 0 Å². The van der Waals surface area contributed by atoms with E-state index in [9.17, 15) is 9.59 Å². The monoisotopic (exact) mass is 343 g/mol. The highest BCUT2D eigenvalue weighted by Gasteiger charge is 2.53. The van der Waals surface area contributed by atoms with Crippen LogP contribution in [0, 0.1) is 5.92 Å². The summed E-state index contributed by atoms with van der Waals surface area (Å²) in [6.45, 7) is 2.71. The fourth-order valence-electron chi connectivity index (χ4n) is 4.62. The van der Waals surface area contributed by atoms with Crippen LogP contribution in [0.25, 0.3) is 0 Å². The number of hydrogen-bond donors (Lipinski definition) is 0. The molecule has 1 saturated carbocycles. The lowest BCUT2D eigenvalue weighted by atomic mass is 9.58. The number of fused-ring (bicyclic) bond motifs is 1. The smallest absolute Gasteiger partial charge is 0.233 e. The lowest BCUT2D eigenvalue weighted by Crippen LogP contribution is -2.57. The van der Waals surface area contributed by atoms with E-state index in [1.54, 1.807) is 12.0 Å². The van der Waals surface area contributed by atoms with Crippen molar-refractivity contribution in [2.24, 2.45) is 5.92 Å². The minimum Gasteiger partial charge on any atom is -0.497 e. The molecule has 4 heteroatoms. The normalized spacial score (nSPS) is 26.5. The van der Waals surface area contributed by atoms with E-state index < -0.39 is 0 Å². The molecule has 1 aliphatic carbocycles. The van der Waals surface area contributed by atoms with E-state index in [2.05, 4.69) is 13.0 Å². The third-order valence-electron chi connectivity index (χ3n) is 5.99. The van der Waals surface area contributed by atoms with Crippen molar-refractivity contribution in [1.82, 2.24) is 4.90 Å². The van der Waals surface area contributed by atoms with Gasteiger partial charge in [0.15, 0.2) is 0 Å². The van der Waals surface area contributed by atoms with Gasteiger partial charge in [0.2, 0.25) is 11.8 Å². The van der Waals surface area contributed by atoms with Crippen molar-refractivity contribution in [2.45, 2.75) is 63.7 Å². The second-order valence-corrected chi connectivity index (χ2v) is 7.45. The third-order valence-corrected chi connectivity index (χ3v) is 5.99. The Balaban J connectivity index is 1.92. The van der Waals surface area contributed by atoms with E-state index >= 15 is 0 Å². The molecule has 3 rings (SSSR count). The van der Waals surface area contributed by atoms with Crippen molar-refractivity contribution in [3.05, 3.63) is 29.8 Å². The molecule has 0 N–H and O–H groups in total. The number of ether oxygens (including phenoxy) is 1. The number of amides is 2. The van der Waals surface area contributed by atoms with Crippen LogP contribution in [0.5, 0.6) is 5.75 Å². The van der Waals surface area contributed by atoms with Gasteiger partial charge in [0.1, 0.15) is 5.75 Å². The van der Waals surface area contributed by atoms with Crippen LogP contribution in [0.4, 0.5) is 0 Å². The molecular weight excluding hydrogens is 314 g/mol. The molecule has 1 aromatic rings. The molecule has 0 unspecified atom stereocenters. The average molecular weight is 343 g/mol. The molecule has 25 heavy (non-hydrogen) atoms. The third kappa shape index (κ3) is 3.31. The van der Waals surface area contributed by atoms with Gasteiger partial charge in [0.05, 0.1) is 7.11 Å². The van der Waals surface area contributed by atoms with Crippen LogP contribution in [0.15, 0.2) is 24.3 Å². The standard InChI is InChI=1S/C21H29NO3/c1-3-4-7-13-22-19(23)15-21(12-6-5-11-18(21)20(22)24)16-9-8-10-17(14-16)25-2/h8-10,14,18H,3-7,11-13,15H2,1-2H3/t18-,21-/m1/s1. The summed E-state index contributed by atoms with van der Waals surface area (Å²) in [6, 6.07) is 7.97. The first-order chi connectivity index (χ1) is 12.1. The lowest BCUT2D eigenvalue weighted by Gasteiger charge is -2.49. The van der Waals surface area contributed by atoms with Crippen molar-refractivity contribution in [3.8, 4) is 5.75 Å². The van der Waals surface area contributed by atoms with Crippen LogP contribution in [0.2, 0.25) is 0 Å². The number of unbranched alkanes of at least 4 members (excludes halogenated alkanes) is 2. The van der Waals surface area contributed by atoms with E-state index in [1.165, 1.54) is 0 Å². The fraction of sp³-hybridized carbons (Fsp3) is 0.619. The number of carbonyl (C=O) groups excluding carboxylic acids is 2. The van der Waals surface area contributed by atoms with Crippen molar-refractivity contribution in [3.63, 3.8) is 0 Å². The molecule has 1 aromatic carbocycles. The topological polar surface area (TPSA) is 46.6 Å². The zero-order chi connectivity index (χ0) is 17.9. The first kappa shape index (κ1) is 18.0. The Labute approximate surface area is 150 Å². The Hall–Kier alpha value is -1.84. The van der Waals surface area contributed by atoms with Crippen LogP contribution in [0.1, 0.15) is 63.9 Å². The van der Waals surface area contributed by atoms with E-state index in [0.717, 1.165) is 56.3 Å². The van der Waals surface area contributed by atoms with Crippen LogP contribution in [0.3, 0.4) is 0 Å². The summed E-state index contributed by atoms with van der Waals surface area (Å²) < 4.78 is 5.38. The fourth-order valence-corrected chi connectivity index (χ4v) is 4.62. The van der Waals surface area contributed by atoms with Crippen molar-refractivity contribution in [2.75, 3.05) is 13.7 Å². The van der Waals surface area contributed by atoms with Crippen LogP contribution in [-0.2, 0) is 15.0 Å². The van der Waals surface area contributed by atoms with Gasteiger partial charge in [0.25, 0.3) is 0 Å². The summed E-state index contributed by atoms with van der Waals surface area (Å²) in [5.41, 5.74) is 0.744. The first-order valence-electron chi connectivity index (χ1n) is 9.61. The first-order valence-corrected chi connectivity index (χ1v) is 9.61. The van der Waals surface area contributed by atoms with Crippen molar-refractivity contribution < 1.29 is 14.3 Å². The summed E-state index contributed by atoms with van der Waals surface area (Å²) in [4.78, 5) is 27.6. The molecule has 4 nitrogen and oxygen atoms in total. The minimum atomic E-state index is -0.345. The zero-order valence-electron chi connectivity index (χ0n) is 15.4. The maximum Gasteiger partial charge on any atom is 0.233 e. The molecule has 0 spiro atoms. The van der Waals surface area contributed by atoms with Crippen molar-refractivity contribution in [1.29, 1.82) is 0 Å². The number of carbonyl (C=O) groups is 2. The SMILES string of the molecule is CCCCCN1C(=O)C[C@@]2(c3cccc(OC)c3)CCCC[C@@H]2C1=O.